The lowest BCUT2D eigenvalue weighted by Crippen LogP contribution is -2.00. The second kappa shape index (κ2) is 5.23. The van der Waals surface area contributed by atoms with Crippen molar-refractivity contribution in [2.24, 2.45) is 0 Å². The number of pyridine rings is 1. The summed E-state index contributed by atoms with van der Waals surface area (Å²) in [5, 5.41) is 0. The third-order valence-corrected chi connectivity index (χ3v) is 2.09. The highest BCUT2D eigenvalue weighted by Gasteiger charge is 2.02. The Hall–Kier alpha value is -0.560. The number of ether oxygens (including phenoxy) is 3. The fourth-order valence-electron chi connectivity index (χ4n) is 0.764. The molecule has 0 N–H and O–H groups in total. The molecule has 1 rings (SSSR count). The lowest BCUT2D eigenvalue weighted by Gasteiger charge is -2.06. The maximum absolute atomic E-state index is 5.19. The van der Waals surface area contributed by atoms with Crippen LogP contribution in [0.15, 0.2) is 12.3 Å². The van der Waals surface area contributed by atoms with Crippen LogP contribution in [-0.2, 0) is 4.74 Å². The molecule has 4 nitrogen and oxygen atoms in total. The second-order valence-corrected chi connectivity index (χ2v) is 3.38. The summed E-state index contributed by atoms with van der Waals surface area (Å²) >= 11 is 2.13. The smallest absolute Gasteiger partial charge is 0.227 e. The Labute approximate surface area is 90.3 Å². The molecule has 0 saturated carbocycles. The van der Waals surface area contributed by atoms with Gasteiger partial charge in [0.2, 0.25) is 5.88 Å². The third-order valence-electron chi connectivity index (χ3n) is 1.32. The van der Waals surface area contributed by atoms with Gasteiger partial charge in [0, 0.05) is 13.2 Å². The molecule has 0 amide bonds. The van der Waals surface area contributed by atoms with Crippen molar-refractivity contribution < 1.29 is 14.2 Å². The van der Waals surface area contributed by atoms with Crippen molar-refractivity contribution in [3.63, 3.8) is 0 Å². The van der Waals surface area contributed by atoms with Gasteiger partial charge in [-0.25, -0.2) is 4.98 Å². The summed E-state index contributed by atoms with van der Waals surface area (Å²) in [6.45, 7) is 0.226. The molecule has 72 valence electrons. The van der Waals surface area contributed by atoms with E-state index < -0.39 is 0 Å². The second-order valence-electron chi connectivity index (χ2n) is 2.21. The number of halogens is 1. The number of nitrogens with zero attached hydrogens (tertiary/aromatic N) is 1. The SMILES string of the molecule is COCOc1cnc(OC)c(I)c1. The zero-order valence-electron chi connectivity index (χ0n) is 7.41. The van der Waals surface area contributed by atoms with Crippen molar-refractivity contribution in [2.75, 3.05) is 21.0 Å². The third kappa shape index (κ3) is 3.00. The maximum Gasteiger partial charge on any atom is 0.227 e. The molecule has 0 bridgehead atoms. The van der Waals surface area contributed by atoms with Crippen LogP contribution in [0, 0.1) is 3.57 Å². The van der Waals surface area contributed by atoms with Crippen molar-refractivity contribution in [3.05, 3.63) is 15.8 Å². The molecule has 0 radical (unpaired) electrons. The fourth-order valence-corrected chi connectivity index (χ4v) is 1.43. The highest BCUT2D eigenvalue weighted by Crippen LogP contribution is 2.22. The first-order chi connectivity index (χ1) is 6.27. The zero-order valence-corrected chi connectivity index (χ0v) is 9.57. The summed E-state index contributed by atoms with van der Waals surface area (Å²) in [6, 6.07) is 1.84. The first kappa shape index (κ1) is 10.5. The number of hydrogen-bond donors (Lipinski definition) is 0. The van der Waals surface area contributed by atoms with E-state index in [1.54, 1.807) is 20.4 Å². The lowest BCUT2D eigenvalue weighted by atomic mass is 10.4. The first-order valence-corrected chi connectivity index (χ1v) is 4.67. The van der Waals surface area contributed by atoms with Gasteiger partial charge < -0.3 is 14.2 Å². The minimum Gasteiger partial charge on any atom is -0.480 e. The Balaban J connectivity index is 2.71. The monoisotopic (exact) mass is 295 g/mol. The molecule has 1 aromatic rings. The molecular weight excluding hydrogens is 285 g/mol. The standard InChI is InChI=1S/C8H10INO3/c1-11-5-13-6-3-7(9)8(12-2)10-4-6/h3-4H,5H2,1-2H3. The van der Waals surface area contributed by atoms with Gasteiger partial charge >= 0.3 is 0 Å². The summed E-state index contributed by atoms with van der Waals surface area (Å²) in [5.74, 6) is 1.28. The van der Waals surface area contributed by atoms with Crippen molar-refractivity contribution in [1.29, 1.82) is 0 Å². The van der Waals surface area contributed by atoms with Crippen molar-refractivity contribution >= 4 is 22.6 Å². The van der Waals surface area contributed by atoms with Crippen molar-refractivity contribution in [1.82, 2.24) is 4.98 Å². The van der Waals surface area contributed by atoms with Crippen LogP contribution in [0.4, 0.5) is 0 Å². The summed E-state index contributed by atoms with van der Waals surface area (Å²) in [5.41, 5.74) is 0. The van der Waals surface area contributed by atoms with E-state index in [4.69, 9.17) is 14.2 Å². The molecule has 0 spiro atoms. The maximum atomic E-state index is 5.19. The first-order valence-electron chi connectivity index (χ1n) is 3.59. The van der Waals surface area contributed by atoms with Crippen LogP contribution in [0.5, 0.6) is 11.6 Å². The van der Waals surface area contributed by atoms with Gasteiger partial charge in [0.15, 0.2) is 6.79 Å². The molecule has 0 unspecified atom stereocenters. The number of rotatable bonds is 4. The molecule has 1 aromatic heterocycles. The van der Waals surface area contributed by atoms with E-state index >= 15 is 0 Å². The van der Waals surface area contributed by atoms with Crippen LogP contribution in [-0.4, -0.2) is 26.0 Å². The highest BCUT2D eigenvalue weighted by atomic mass is 127. The molecule has 0 aliphatic rings. The Bertz CT molecular complexity index is 280. The van der Waals surface area contributed by atoms with Crippen LogP contribution in [0.2, 0.25) is 0 Å². The Kier molecular flexibility index (Phi) is 4.23. The van der Waals surface area contributed by atoms with E-state index in [9.17, 15) is 0 Å². The van der Waals surface area contributed by atoms with E-state index in [2.05, 4.69) is 27.6 Å². The van der Waals surface area contributed by atoms with E-state index in [-0.39, 0.29) is 6.79 Å². The Morgan fingerprint density at radius 3 is 2.77 bits per heavy atom. The van der Waals surface area contributed by atoms with Gasteiger partial charge in [-0.3, -0.25) is 0 Å². The van der Waals surface area contributed by atoms with E-state index in [1.165, 1.54) is 0 Å². The normalized spacial score (nSPS) is 9.77. The quantitative estimate of drug-likeness (QED) is 0.626. The minimum absolute atomic E-state index is 0.226. The number of hydrogen-bond acceptors (Lipinski definition) is 4. The Morgan fingerprint density at radius 1 is 1.46 bits per heavy atom. The summed E-state index contributed by atoms with van der Waals surface area (Å²) < 4.78 is 15.9. The van der Waals surface area contributed by atoms with Crippen LogP contribution in [0.1, 0.15) is 0 Å². The zero-order chi connectivity index (χ0) is 9.68. The molecule has 0 atom stereocenters. The lowest BCUT2D eigenvalue weighted by molar-refractivity contribution is 0.0507. The molecule has 0 saturated heterocycles. The molecule has 0 aliphatic carbocycles. The van der Waals surface area contributed by atoms with Gasteiger partial charge in [0.25, 0.3) is 0 Å². The average Bonchev–Trinajstić information content (AvgIpc) is 2.15. The highest BCUT2D eigenvalue weighted by molar-refractivity contribution is 14.1. The van der Waals surface area contributed by atoms with E-state index in [0.717, 1.165) is 3.57 Å². The predicted molar refractivity (Wildman–Crippen MR) is 56.0 cm³/mol. The van der Waals surface area contributed by atoms with Gasteiger partial charge in [-0.05, 0) is 22.6 Å². The molecule has 13 heavy (non-hydrogen) atoms. The van der Waals surface area contributed by atoms with Crippen molar-refractivity contribution in [2.45, 2.75) is 0 Å². The summed E-state index contributed by atoms with van der Waals surface area (Å²) in [4.78, 5) is 4.04. The summed E-state index contributed by atoms with van der Waals surface area (Å²) in [7, 11) is 3.15. The van der Waals surface area contributed by atoms with Gasteiger partial charge in [-0.1, -0.05) is 0 Å². The minimum atomic E-state index is 0.226. The molecule has 0 fully saturated rings. The van der Waals surface area contributed by atoms with Crippen LogP contribution >= 0.6 is 22.6 Å². The fraction of sp³-hybridized carbons (Fsp3) is 0.375. The van der Waals surface area contributed by atoms with Gasteiger partial charge in [0.05, 0.1) is 16.9 Å². The molecular formula is C8H10INO3. The van der Waals surface area contributed by atoms with Gasteiger partial charge in [-0.2, -0.15) is 0 Å². The van der Waals surface area contributed by atoms with Gasteiger partial charge in [0.1, 0.15) is 5.75 Å². The van der Waals surface area contributed by atoms with Gasteiger partial charge in [-0.15, -0.1) is 0 Å². The number of aromatic nitrogens is 1. The van der Waals surface area contributed by atoms with E-state index in [0.29, 0.717) is 11.6 Å². The average molecular weight is 295 g/mol. The molecule has 0 aromatic carbocycles. The number of methoxy groups -OCH3 is 2. The Morgan fingerprint density at radius 2 is 2.23 bits per heavy atom. The van der Waals surface area contributed by atoms with Crippen LogP contribution in [0.25, 0.3) is 0 Å². The molecule has 0 aliphatic heterocycles. The van der Waals surface area contributed by atoms with E-state index in [1.807, 2.05) is 6.07 Å². The summed E-state index contributed by atoms with van der Waals surface area (Å²) in [6.07, 6.45) is 1.60. The van der Waals surface area contributed by atoms with Crippen molar-refractivity contribution in [3.8, 4) is 11.6 Å². The topological polar surface area (TPSA) is 40.6 Å². The van der Waals surface area contributed by atoms with Crippen LogP contribution < -0.4 is 9.47 Å². The molecule has 5 heteroatoms. The molecule has 1 heterocycles. The van der Waals surface area contributed by atoms with Crippen LogP contribution in [0.3, 0.4) is 0 Å². The predicted octanol–water partition coefficient (Wildman–Crippen LogP) is 1.68. The largest absolute Gasteiger partial charge is 0.480 e.